The van der Waals surface area contributed by atoms with Crippen LogP contribution in [0.25, 0.3) is 0 Å². The Hall–Kier alpha value is -0.890. The Balaban J connectivity index is 0.00000312. The van der Waals surface area contributed by atoms with Crippen molar-refractivity contribution in [1.82, 2.24) is 10.3 Å². The molecule has 1 aromatic heterocycles. The first-order valence-electron chi connectivity index (χ1n) is 9.40. The second kappa shape index (κ2) is 14.3. The first-order chi connectivity index (χ1) is 11.8. The van der Waals surface area contributed by atoms with Gasteiger partial charge in [0.1, 0.15) is 0 Å². The lowest BCUT2D eigenvalue weighted by Crippen LogP contribution is -2.33. The van der Waals surface area contributed by atoms with Gasteiger partial charge in [-0.2, -0.15) is 0 Å². The molecule has 0 unspecified atom stereocenters. The quantitative estimate of drug-likeness (QED) is 0.242. The number of halogens is 1. The number of rotatable bonds is 10. The zero-order valence-electron chi connectivity index (χ0n) is 15.2. The molecule has 1 aliphatic carbocycles. The van der Waals surface area contributed by atoms with Crippen molar-refractivity contribution in [3.8, 4) is 0 Å². The van der Waals surface area contributed by atoms with Gasteiger partial charge in [-0.25, -0.2) is 0 Å². The minimum absolute atomic E-state index is 0. The molecule has 0 spiro atoms. The maximum atomic E-state index is 5.93. The SMILES string of the molecule is I.NC(=NCCCCCOC1CCCCC1)NCCc1ccccn1. The molecular formula is C19H33IN4O. The van der Waals surface area contributed by atoms with Crippen LogP contribution < -0.4 is 11.1 Å². The third kappa shape index (κ3) is 10.6. The first kappa shape index (κ1) is 22.2. The van der Waals surface area contributed by atoms with Crippen molar-refractivity contribution in [3.05, 3.63) is 30.1 Å². The summed E-state index contributed by atoms with van der Waals surface area (Å²) in [4.78, 5) is 8.65. The molecule has 0 bridgehead atoms. The number of aliphatic imine (C=N–C) groups is 1. The molecule has 0 saturated heterocycles. The monoisotopic (exact) mass is 460 g/mol. The van der Waals surface area contributed by atoms with E-state index in [1.165, 1.54) is 32.1 Å². The standard InChI is InChI=1S/C19H32N4O.HI/c20-19(23-15-12-17-9-5-7-13-21-17)22-14-6-2-8-16-24-18-10-3-1-4-11-18;/h5,7,9,13,18H,1-4,6,8,10-12,14-16H2,(H3,20,22,23);1H. The van der Waals surface area contributed by atoms with Gasteiger partial charge in [-0.1, -0.05) is 25.3 Å². The average molecular weight is 460 g/mol. The number of ether oxygens (including phenoxy) is 1. The Morgan fingerprint density at radius 1 is 1.20 bits per heavy atom. The lowest BCUT2D eigenvalue weighted by molar-refractivity contribution is 0.0264. The predicted octanol–water partition coefficient (Wildman–Crippen LogP) is 3.67. The molecule has 1 aliphatic rings. The largest absolute Gasteiger partial charge is 0.378 e. The highest BCUT2D eigenvalue weighted by molar-refractivity contribution is 14.0. The fourth-order valence-corrected chi connectivity index (χ4v) is 2.99. The highest BCUT2D eigenvalue weighted by Crippen LogP contribution is 2.20. The van der Waals surface area contributed by atoms with Gasteiger partial charge < -0.3 is 15.8 Å². The second-order valence-corrected chi connectivity index (χ2v) is 6.46. The molecule has 2 rings (SSSR count). The van der Waals surface area contributed by atoms with Crippen LogP contribution >= 0.6 is 24.0 Å². The van der Waals surface area contributed by atoms with Crippen LogP contribution in [0.1, 0.15) is 57.1 Å². The van der Waals surface area contributed by atoms with Gasteiger partial charge >= 0.3 is 0 Å². The first-order valence-corrected chi connectivity index (χ1v) is 9.40. The highest BCUT2D eigenvalue weighted by atomic mass is 127. The molecule has 5 nitrogen and oxygen atoms in total. The number of nitrogens with one attached hydrogen (secondary N) is 1. The van der Waals surface area contributed by atoms with Crippen molar-refractivity contribution in [3.63, 3.8) is 0 Å². The summed E-state index contributed by atoms with van der Waals surface area (Å²) >= 11 is 0. The molecule has 142 valence electrons. The van der Waals surface area contributed by atoms with Crippen molar-refractivity contribution in [2.45, 2.75) is 63.9 Å². The summed E-state index contributed by atoms with van der Waals surface area (Å²) in [6.45, 7) is 2.44. The summed E-state index contributed by atoms with van der Waals surface area (Å²) < 4.78 is 5.93. The van der Waals surface area contributed by atoms with Crippen LogP contribution in [0, 0.1) is 0 Å². The maximum absolute atomic E-state index is 5.93. The Morgan fingerprint density at radius 3 is 2.80 bits per heavy atom. The third-order valence-corrected chi connectivity index (χ3v) is 4.40. The van der Waals surface area contributed by atoms with E-state index in [2.05, 4.69) is 15.3 Å². The van der Waals surface area contributed by atoms with Gasteiger partial charge in [-0.15, -0.1) is 24.0 Å². The van der Waals surface area contributed by atoms with E-state index >= 15 is 0 Å². The molecule has 0 aromatic carbocycles. The van der Waals surface area contributed by atoms with Crippen molar-refractivity contribution >= 4 is 29.9 Å². The van der Waals surface area contributed by atoms with E-state index in [0.717, 1.165) is 51.1 Å². The van der Waals surface area contributed by atoms with E-state index in [0.29, 0.717) is 12.1 Å². The van der Waals surface area contributed by atoms with Crippen LogP contribution in [0.4, 0.5) is 0 Å². The maximum Gasteiger partial charge on any atom is 0.188 e. The number of nitrogens with two attached hydrogens (primary N) is 1. The minimum atomic E-state index is 0. The lowest BCUT2D eigenvalue weighted by atomic mass is 9.98. The number of hydrogen-bond donors (Lipinski definition) is 2. The fourth-order valence-electron chi connectivity index (χ4n) is 2.99. The number of unbranched alkanes of at least 4 members (excludes halogenated alkanes) is 2. The van der Waals surface area contributed by atoms with Crippen LogP contribution in [0.15, 0.2) is 29.4 Å². The average Bonchev–Trinajstić information content (AvgIpc) is 2.63. The van der Waals surface area contributed by atoms with Gasteiger partial charge in [0.25, 0.3) is 0 Å². The highest BCUT2D eigenvalue weighted by Gasteiger charge is 2.12. The van der Waals surface area contributed by atoms with Crippen molar-refractivity contribution in [2.24, 2.45) is 10.7 Å². The van der Waals surface area contributed by atoms with Crippen LogP contribution in [-0.4, -0.2) is 36.7 Å². The van der Waals surface area contributed by atoms with E-state index in [9.17, 15) is 0 Å². The number of guanidine groups is 1. The summed E-state index contributed by atoms with van der Waals surface area (Å²) in [6, 6.07) is 5.94. The van der Waals surface area contributed by atoms with Gasteiger partial charge in [-0.3, -0.25) is 9.98 Å². The second-order valence-electron chi connectivity index (χ2n) is 6.46. The van der Waals surface area contributed by atoms with Crippen LogP contribution in [0.5, 0.6) is 0 Å². The van der Waals surface area contributed by atoms with Gasteiger partial charge in [0.15, 0.2) is 5.96 Å². The molecule has 3 N–H and O–H groups in total. The molecule has 0 radical (unpaired) electrons. The Kier molecular flexibility index (Phi) is 12.7. The van der Waals surface area contributed by atoms with Crippen LogP contribution in [0.3, 0.4) is 0 Å². The van der Waals surface area contributed by atoms with Gasteiger partial charge in [0.05, 0.1) is 6.10 Å². The topological polar surface area (TPSA) is 72.5 Å². The molecule has 6 heteroatoms. The smallest absolute Gasteiger partial charge is 0.188 e. The van der Waals surface area contributed by atoms with Crippen LogP contribution in [0.2, 0.25) is 0 Å². The Labute approximate surface area is 169 Å². The molecular weight excluding hydrogens is 427 g/mol. The summed E-state index contributed by atoms with van der Waals surface area (Å²) in [5.74, 6) is 0.532. The third-order valence-electron chi connectivity index (χ3n) is 4.40. The van der Waals surface area contributed by atoms with Gasteiger partial charge in [-0.05, 0) is 44.2 Å². The molecule has 1 saturated carbocycles. The van der Waals surface area contributed by atoms with E-state index in [1.54, 1.807) is 0 Å². The van der Waals surface area contributed by atoms with E-state index in [-0.39, 0.29) is 24.0 Å². The minimum Gasteiger partial charge on any atom is -0.378 e. The molecule has 1 heterocycles. The molecule has 0 aliphatic heterocycles. The van der Waals surface area contributed by atoms with Crippen molar-refractivity contribution in [2.75, 3.05) is 19.7 Å². The summed E-state index contributed by atoms with van der Waals surface area (Å²) in [5.41, 5.74) is 6.94. The molecule has 25 heavy (non-hydrogen) atoms. The summed E-state index contributed by atoms with van der Waals surface area (Å²) in [7, 11) is 0. The molecule has 0 atom stereocenters. The molecule has 1 aromatic rings. The zero-order chi connectivity index (χ0) is 16.9. The molecule has 0 amide bonds. The molecule has 1 fully saturated rings. The normalized spacial score (nSPS) is 15.6. The van der Waals surface area contributed by atoms with E-state index in [4.69, 9.17) is 10.5 Å². The summed E-state index contributed by atoms with van der Waals surface area (Å²) in [6.07, 6.45) is 13.1. The zero-order valence-corrected chi connectivity index (χ0v) is 17.5. The predicted molar refractivity (Wildman–Crippen MR) is 115 cm³/mol. The van der Waals surface area contributed by atoms with Crippen molar-refractivity contribution in [1.29, 1.82) is 0 Å². The van der Waals surface area contributed by atoms with E-state index in [1.807, 2.05) is 24.4 Å². The van der Waals surface area contributed by atoms with Gasteiger partial charge in [0.2, 0.25) is 0 Å². The fraction of sp³-hybridized carbons (Fsp3) is 0.684. The lowest BCUT2D eigenvalue weighted by Gasteiger charge is -2.21. The van der Waals surface area contributed by atoms with E-state index < -0.39 is 0 Å². The number of pyridine rings is 1. The number of nitrogens with zero attached hydrogens (tertiary/aromatic N) is 2. The summed E-state index contributed by atoms with van der Waals surface area (Å²) in [5, 5.41) is 3.14. The Bertz CT molecular complexity index is 464. The van der Waals surface area contributed by atoms with Crippen LogP contribution in [-0.2, 0) is 11.2 Å². The number of aromatic nitrogens is 1. The Morgan fingerprint density at radius 2 is 2.04 bits per heavy atom. The van der Waals surface area contributed by atoms with Crippen molar-refractivity contribution < 1.29 is 4.74 Å². The van der Waals surface area contributed by atoms with Gasteiger partial charge in [0, 0.05) is 38.0 Å². The number of hydrogen-bond acceptors (Lipinski definition) is 3.